The van der Waals surface area contributed by atoms with Crippen LogP contribution in [0.15, 0.2) is 57.8 Å². The minimum absolute atomic E-state index is 0.0368. The Balaban J connectivity index is 1.55. The van der Waals surface area contributed by atoms with Crippen molar-refractivity contribution in [3.63, 3.8) is 0 Å². The summed E-state index contributed by atoms with van der Waals surface area (Å²) in [7, 11) is -2.04. The molecule has 0 unspecified atom stereocenters. The van der Waals surface area contributed by atoms with E-state index in [-0.39, 0.29) is 16.6 Å². The Morgan fingerprint density at radius 2 is 1.90 bits per heavy atom. The third-order valence-electron chi connectivity index (χ3n) is 5.53. The van der Waals surface area contributed by atoms with Gasteiger partial charge in [-0.15, -0.1) is 4.40 Å². The SMILES string of the molecule is CN1CCCC1=NS(=O)(=O)c1cccc(NC(=O)C2(c3ccc(F)cc3)CC2)c1. The fraction of sp³-hybridized carbons (Fsp3) is 0.333. The lowest BCUT2D eigenvalue weighted by Gasteiger charge is -2.16. The van der Waals surface area contributed by atoms with Crippen molar-refractivity contribution in [3.05, 3.63) is 59.9 Å². The monoisotopic (exact) mass is 415 g/mol. The quantitative estimate of drug-likeness (QED) is 0.813. The molecule has 29 heavy (non-hydrogen) atoms. The highest BCUT2D eigenvalue weighted by molar-refractivity contribution is 7.90. The average Bonchev–Trinajstić information content (AvgIpc) is 3.41. The van der Waals surface area contributed by atoms with Crippen LogP contribution in [0.25, 0.3) is 0 Å². The van der Waals surface area contributed by atoms with E-state index < -0.39 is 15.4 Å². The fourth-order valence-corrected chi connectivity index (χ4v) is 4.77. The van der Waals surface area contributed by atoms with Crippen LogP contribution >= 0.6 is 0 Å². The number of nitrogens with zero attached hydrogens (tertiary/aromatic N) is 2. The number of hydrogen-bond acceptors (Lipinski definition) is 3. The molecule has 152 valence electrons. The first-order chi connectivity index (χ1) is 13.8. The fourth-order valence-electron chi connectivity index (χ4n) is 3.63. The molecule has 2 aromatic carbocycles. The van der Waals surface area contributed by atoms with Crippen LogP contribution in [0.5, 0.6) is 0 Å². The van der Waals surface area contributed by atoms with E-state index in [1.54, 1.807) is 24.3 Å². The van der Waals surface area contributed by atoms with E-state index in [4.69, 9.17) is 0 Å². The summed E-state index contributed by atoms with van der Waals surface area (Å²) in [6.07, 6.45) is 2.85. The van der Waals surface area contributed by atoms with Crippen molar-refractivity contribution in [2.45, 2.75) is 36.0 Å². The van der Waals surface area contributed by atoms with Crippen molar-refractivity contribution in [1.29, 1.82) is 0 Å². The van der Waals surface area contributed by atoms with Crippen LogP contribution in [0.2, 0.25) is 0 Å². The number of halogens is 1. The predicted octanol–water partition coefficient (Wildman–Crippen LogP) is 3.31. The molecule has 6 nitrogen and oxygen atoms in total. The molecule has 2 aromatic rings. The molecule has 1 N–H and O–H groups in total. The van der Waals surface area contributed by atoms with Crippen molar-refractivity contribution >= 4 is 27.5 Å². The second kappa shape index (κ2) is 7.26. The van der Waals surface area contributed by atoms with Gasteiger partial charge in [-0.3, -0.25) is 4.79 Å². The van der Waals surface area contributed by atoms with Gasteiger partial charge in [0.1, 0.15) is 11.7 Å². The molecule has 1 saturated heterocycles. The third kappa shape index (κ3) is 3.89. The van der Waals surface area contributed by atoms with Crippen molar-refractivity contribution in [3.8, 4) is 0 Å². The number of likely N-dealkylation sites (tertiary alicyclic amines) is 1. The molecular weight excluding hydrogens is 393 g/mol. The number of rotatable bonds is 5. The number of benzene rings is 2. The Labute approximate surface area is 169 Å². The van der Waals surface area contributed by atoms with Crippen molar-refractivity contribution < 1.29 is 17.6 Å². The Bertz CT molecular complexity index is 1080. The molecule has 0 aromatic heterocycles. The van der Waals surface area contributed by atoms with Gasteiger partial charge in [0.15, 0.2) is 0 Å². The number of sulfonamides is 1. The van der Waals surface area contributed by atoms with Gasteiger partial charge < -0.3 is 10.2 Å². The molecule has 1 aliphatic carbocycles. The molecule has 2 aliphatic rings. The summed E-state index contributed by atoms with van der Waals surface area (Å²) >= 11 is 0. The number of amidine groups is 1. The summed E-state index contributed by atoms with van der Waals surface area (Å²) in [5.74, 6) is -0.0226. The molecule has 1 saturated carbocycles. The molecule has 1 amide bonds. The molecule has 1 aliphatic heterocycles. The molecular formula is C21H22FN3O3S. The van der Waals surface area contributed by atoms with Crippen LogP contribution in [-0.4, -0.2) is 38.7 Å². The van der Waals surface area contributed by atoms with Gasteiger partial charge in [0.05, 0.1) is 10.3 Å². The van der Waals surface area contributed by atoms with Crippen LogP contribution in [0.3, 0.4) is 0 Å². The summed E-state index contributed by atoms with van der Waals surface area (Å²) in [5, 5.41) is 2.82. The van der Waals surface area contributed by atoms with Crippen LogP contribution in [-0.2, 0) is 20.2 Å². The Morgan fingerprint density at radius 3 is 2.52 bits per heavy atom. The lowest BCUT2D eigenvalue weighted by Crippen LogP contribution is -2.27. The zero-order chi connectivity index (χ0) is 20.6. The van der Waals surface area contributed by atoms with E-state index in [1.165, 1.54) is 24.3 Å². The van der Waals surface area contributed by atoms with Crippen LogP contribution in [0.1, 0.15) is 31.2 Å². The first kappa shape index (κ1) is 19.6. The maximum Gasteiger partial charge on any atom is 0.284 e. The summed E-state index contributed by atoms with van der Waals surface area (Å²) in [6, 6.07) is 12.0. The van der Waals surface area contributed by atoms with E-state index in [9.17, 15) is 17.6 Å². The van der Waals surface area contributed by atoms with Gasteiger partial charge in [-0.05, 0) is 55.2 Å². The molecule has 0 bridgehead atoms. The second-order valence-electron chi connectivity index (χ2n) is 7.58. The predicted molar refractivity (Wildman–Crippen MR) is 109 cm³/mol. The van der Waals surface area contributed by atoms with Gasteiger partial charge in [0.2, 0.25) is 5.91 Å². The van der Waals surface area contributed by atoms with Gasteiger partial charge >= 0.3 is 0 Å². The minimum Gasteiger partial charge on any atom is -0.362 e. The highest BCUT2D eigenvalue weighted by atomic mass is 32.2. The zero-order valence-corrected chi connectivity index (χ0v) is 16.9. The normalized spacial score (nSPS) is 19.4. The summed E-state index contributed by atoms with van der Waals surface area (Å²) in [5.41, 5.74) is 0.468. The number of amides is 1. The van der Waals surface area contributed by atoms with Gasteiger partial charge in [-0.2, -0.15) is 8.42 Å². The Morgan fingerprint density at radius 1 is 1.17 bits per heavy atom. The number of anilines is 1. The lowest BCUT2D eigenvalue weighted by atomic mass is 9.95. The topological polar surface area (TPSA) is 78.8 Å². The highest BCUT2D eigenvalue weighted by Gasteiger charge is 2.51. The Kier molecular flexibility index (Phi) is 4.90. The number of hydrogen-bond donors (Lipinski definition) is 1. The molecule has 0 spiro atoms. The van der Waals surface area contributed by atoms with Gasteiger partial charge in [0.25, 0.3) is 10.0 Å². The summed E-state index contributed by atoms with van der Waals surface area (Å²) in [6.45, 7) is 0.788. The number of nitrogens with one attached hydrogen (secondary N) is 1. The van der Waals surface area contributed by atoms with Crippen molar-refractivity contribution in [2.24, 2.45) is 4.40 Å². The van der Waals surface area contributed by atoms with Crippen molar-refractivity contribution in [2.75, 3.05) is 18.9 Å². The molecule has 1 heterocycles. The standard InChI is InChI=1S/C21H22FN3O3S/c1-25-13-3-6-19(25)24-29(27,28)18-5-2-4-17(14-18)23-20(26)21(11-12-21)15-7-9-16(22)10-8-15/h2,4-5,7-10,14H,3,6,11-13H2,1H3,(H,23,26). The first-order valence-corrected chi connectivity index (χ1v) is 11.0. The largest absolute Gasteiger partial charge is 0.362 e. The van der Waals surface area contributed by atoms with E-state index in [1.807, 2.05) is 11.9 Å². The van der Waals surface area contributed by atoms with Crippen LogP contribution in [0.4, 0.5) is 10.1 Å². The first-order valence-electron chi connectivity index (χ1n) is 9.53. The van der Waals surface area contributed by atoms with E-state index in [0.29, 0.717) is 30.8 Å². The smallest absolute Gasteiger partial charge is 0.284 e. The molecule has 8 heteroatoms. The maximum absolute atomic E-state index is 13.2. The molecule has 0 radical (unpaired) electrons. The zero-order valence-electron chi connectivity index (χ0n) is 16.1. The van der Waals surface area contributed by atoms with Gasteiger partial charge in [0, 0.05) is 25.7 Å². The van der Waals surface area contributed by atoms with Crippen LogP contribution in [0, 0.1) is 5.82 Å². The second-order valence-corrected chi connectivity index (χ2v) is 9.18. The summed E-state index contributed by atoms with van der Waals surface area (Å²) < 4.78 is 42.5. The van der Waals surface area contributed by atoms with E-state index in [0.717, 1.165) is 18.5 Å². The van der Waals surface area contributed by atoms with Crippen LogP contribution < -0.4 is 5.32 Å². The van der Waals surface area contributed by atoms with E-state index >= 15 is 0 Å². The van der Waals surface area contributed by atoms with E-state index in [2.05, 4.69) is 9.71 Å². The van der Waals surface area contributed by atoms with Crippen molar-refractivity contribution in [1.82, 2.24) is 4.90 Å². The average molecular weight is 415 g/mol. The summed E-state index contributed by atoms with van der Waals surface area (Å²) in [4.78, 5) is 14.7. The maximum atomic E-state index is 13.2. The third-order valence-corrected chi connectivity index (χ3v) is 6.83. The lowest BCUT2D eigenvalue weighted by molar-refractivity contribution is -0.118. The Hall–Kier alpha value is -2.74. The number of carbonyl (C=O) groups excluding carboxylic acids is 1. The molecule has 4 rings (SSSR count). The van der Waals surface area contributed by atoms with Gasteiger partial charge in [-0.1, -0.05) is 18.2 Å². The highest BCUT2D eigenvalue weighted by Crippen LogP contribution is 2.49. The number of carbonyl (C=O) groups is 1. The molecule has 2 fully saturated rings. The molecule has 0 atom stereocenters. The van der Waals surface area contributed by atoms with Gasteiger partial charge in [-0.25, -0.2) is 4.39 Å². The minimum atomic E-state index is -3.86.